The van der Waals surface area contributed by atoms with E-state index < -0.39 is 0 Å². The number of amides is 1. The first-order valence-electron chi connectivity index (χ1n) is 7.10. The fourth-order valence-corrected chi connectivity index (χ4v) is 2.29. The van der Waals surface area contributed by atoms with Gasteiger partial charge in [0.05, 0.1) is 18.2 Å². The number of nitrogens with one attached hydrogen (secondary N) is 1. The lowest BCUT2D eigenvalue weighted by Gasteiger charge is -2.22. The topological polar surface area (TPSA) is 58.6 Å². The highest BCUT2D eigenvalue weighted by molar-refractivity contribution is 5.94. The molecule has 1 amide bonds. The Kier molecular flexibility index (Phi) is 4.33. The average Bonchev–Trinajstić information content (AvgIpc) is 2.41. The minimum atomic E-state index is -0.120. The molecule has 110 valence electrons. The predicted octanol–water partition coefficient (Wildman–Crippen LogP) is 3.05. The van der Waals surface area contributed by atoms with Crippen molar-refractivity contribution in [2.24, 2.45) is 5.92 Å². The summed E-state index contributed by atoms with van der Waals surface area (Å²) in [6.07, 6.45) is 1.75. The maximum atomic E-state index is 12.1. The SMILES string of the molecule is CC(C)(C)c1ccc(NC(=O)[C@H]2CCCOC2)c(O)c1. The van der Waals surface area contributed by atoms with Gasteiger partial charge in [0.2, 0.25) is 5.91 Å². The number of hydrogen-bond acceptors (Lipinski definition) is 3. The maximum absolute atomic E-state index is 12.1. The second kappa shape index (κ2) is 5.83. The van der Waals surface area contributed by atoms with E-state index in [9.17, 15) is 9.90 Å². The minimum Gasteiger partial charge on any atom is -0.506 e. The molecule has 0 bridgehead atoms. The molecule has 0 unspecified atom stereocenters. The minimum absolute atomic E-state index is 0.0305. The molecule has 1 heterocycles. The van der Waals surface area contributed by atoms with Crippen LogP contribution >= 0.6 is 0 Å². The molecule has 0 spiro atoms. The van der Waals surface area contributed by atoms with E-state index in [4.69, 9.17) is 4.74 Å². The maximum Gasteiger partial charge on any atom is 0.229 e. The first kappa shape index (κ1) is 14.9. The van der Waals surface area contributed by atoms with Gasteiger partial charge in [-0.05, 0) is 36.0 Å². The van der Waals surface area contributed by atoms with Crippen LogP contribution < -0.4 is 5.32 Å². The molecular weight excluding hydrogens is 254 g/mol. The lowest BCUT2D eigenvalue weighted by molar-refractivity contribution is -0.123. The van der Waals surface area contributed by atoms with Crippen molar-refractivity contribution >= 4 is 11.6 Å². The van der Waals surface area contributed by atoms with Gasteiger partial charge in [0.15, 0.2) is 0 Å². The average molecular weight is 277 g/mol. The van der Waals surface area contributed by atoms with Gasteiger partial charge in [-0.2, -0.15) is 0 Å². The zero-order valence-electron chi connectivity index (χ0n) is 12.4. The third kappa shape index (κ3) is 3.51. The van der Waals surface area contributed by atoms with E-state index in [1.54, 1.807) is 12.1 Å². The number of phenols is 1. The molecule has 2 rings (SSSR count). The van der Waals surface area contributed by atoms with Gasteiger partial charge < -0.3 is 15.2 Å². The number of carbonyl (C=O) groups is 1. The summed E-state index contributed by atoms with van der Waals surface area (Å²) in [5.74, 6) is -0.0866. The molecule has 1 aliphatic heterocycles. The Bertz CT molecular complexity index is 485. The van der Waals surface area contributed by atoms with Crippen LogP contribution in [0.25, 0.3) is 0 Å². The van der Waals surface area contributed by atoms with Gasteiger partial charge in [0.25, 0.3) is 0 Å². The number of rotatable bonds is 2. The zero-order valence-corrected chi connectivity index (χ0v) is 12.4. The Morgan fingerprint density at radius 2 is 2.15 bits per heavy atom. The summed E-state index contributed by atoms with van der Waals surface area (Å²) in [4.78, 5) is 12.1. The number of carbonyl (C=O) groups excluding carboxylic acids is 1. The van der Waals surface area contributed by atoms with Gasteiger partial charge in [0.1, 0.15) is 5.75 Å². The van der Waals surface area contributed by atoms with Crippen molar-refractivity contribution in [1.29, 1.82) is 0 Å². The molecule has 0 aromatic heterocycles. The van der Waals surface area contributed by atoms with E-state index in [0.717, 1.165) is 25.0 Å². The molecule has 1 aromatic rings. The van der Waals surface area contributed by atoms with Crippen LogP contribution in [0.3, 0.4) is 0 Å². The van der Waals surface area contributed by atoms with E-state index >= 15 is 0 Å². The van der Waals surface area contributed by atoms with Crippen molar-refractivity contribution in [2.75, 3.05) is 18.5 Å². The smallest absolute Gasteiger partial charge is 0.229 e. The molecule has 1 saturated heterocycles. The Balaban J connectivity index is 2.08. The highest BCUT2D eigenvalue weighted by Crippen LogP contribution is 2.31. The Morgan fingerprint density at radius 1 is 1.40 bits per heavy atom. The Labute approximate surface area is 120 Å². The number of benzene rings is 1. The normalized spacial score (nSPS) is 19.6. The van der Waals surface area contributed by atoms with Crippen molar-refractivity contribution in [1.82, 2.24) is 0 Å². The van der Waals surface area contributed by atoms with E-state index in [1.807, 2.05) is 6.07 Å². The van der Waals surface area contributed by atoms with Crippen molar-refractivity contribution < 1.29 is 14.6 Å². The quantitative estimate of drug-likeness (QED) is 0.817. The summed E-state index contributed by atoms with van der Waals surface area (Å²) in [5.41, 5.74) is 1.47. The third-order valence-electron chi connectivity index (χ3n) is 3.65. The van der Waals surface area contributed by atoms with Gasteiger partial charge in [-0.3, -0.25) is 4.79 Å². The first-order chi connectivity index (χ1) is 9.38. The summed E-state index contributed by atoms with van der Waals surface area (Å²) >= 11 is 0. The van der Waals surface area contributed by atoms with Crippen LogP contribution in [0.5, 0.6) is 5.75 Å². The highest BCUT2D eigenvalue weighted by atomic mass is 16.5. The number of hydrogen-bond donors (Lipinski definition) is 2. The summed E-state index contributed by atoms with van der Waals surface area (Å²) in [6.45, 7) is 7.44. The second-order valence-corrected chi connectivity index (χ2v) is 6.39. The van der Waals surface area contributed by atoms with Crippen LogP contribution in [0.2, 0.25) is 0 Å². The van der Waals surface area contributed by atoms with E-state index in [2.05, 4.69) is 26.1 Å². The largest absolute Gasteiger partial charge is 0.506 e. The fourth-order valence-electron chi connectivity index (χ4n) is 2.29. The number of anilines is 1. The molecule has 20 heavy (non-hydrogen) atoms. The summed E-state index contributed by atoms with van der Waals surface area (Å²) in [7, 11) is 0. The molecule has 1 aromatic carbocycles. The van der Waals surface area contributed by atoms with E-state index in [0.29, 0.717) is 12.3 Å². The van der Waals surface area contributed by atoms with Crippen LogP contribution in [-0.2, 0) is 14.9 Å². The number of phenolic OH excluding ortho intramolecular Hbond substituents is 1. The molecule has 0 radical (unpaired) electrons. The summed E-state index contributed by atoms with van der Waals surface area (Å²) < 4.78 is 5.31. The van der Waals surface area contributed by atoms with Crippen molar-refractivity contribution in [3.63, 3.8) is 0 Å². The van der Waals surface area contributed by atoms with Gasteiger partial charge in [0, 0.05) is 6.61 Å². The van der Waals surface area contributed by atoms with Gasteiger partial charge >= 0.3 is 0 Å². The van der Waals surface area contributed by atoms with Crippen molar-refractivity contribution in [3.05, 3.63) is 23.8 Å². The third-order valence-corrected chi connectivity index (χ3v) is 3.65. The van der Waals surface area contributed by atoms with Crippen LogP contribution in [0, 0.1) is 5.92 Å². The molecular formula is C16H23NO3. The number of aromatic hydroxyl groups is 1. The molecule has 2 N–H and O–H groups in total. The van der Waals surface area contributed by atoms with Crippen LogP contribution in [0.4, 0.5) is 5.69 Å². The molecule has 0 aliphatic carbocycles. The Morgan fingerprint density at radius 3 is 2.70 bits per heavy atom. The van der Waals surface area contributed by atoms with Crippen LogP contribution in [0.1, 0.15) is 39.2 Å². The van der Waals surface area contributed by atoms with Crippen molar-refractivity contribution in [2.45, 2.75) is 39.0 Å². The molecule has 1 aliphatic rings. The van der Waals surface area contributed by atoms with E-state index in [1.165, 1.54) is 0 Å². The first-order valence-corrected chi connectivity index (χ1v) is 7.10. The van der Waals surface area contributed by atoms with Crippen LogP contribution in [-0.4, -0.2) is 24.2 Å². The molecule has 1 fully saturated rings. The second-order valence-electron chi connectivity index (χ2n) is 6.39. The molecule has 1 atom stereocenters. The van der Waals surface area contributed by atoms with E-state index in [-0.39, 0.29) is 23.0 Å². The van der Waals surface area contributed by atoms with Gasteiger partial charge in [-0.1, -0.05) is 26.8 Å². The number of ether oxygens (including phenoxy) is 1. The standard InChI is InChI=1S/C16H23NO3/c1-16(2,3)12-6-7-13(14(18)9-12)17-15(19)11-5-4-8-20-10-11/h6-7,9,11,18H,4-5,8,10H2,1-3H3,(H,17,19)/t11-/m0/s1. The lowest BCUT2D eigenvalue weighted by atomic mass is 9.87. The summed E-state index contributed by atoms with van der Waals surface area (Å²) in [6, 6.07) is 5.41. The monoisotopic (exact) mass is 277 g/mol. The van der Waals surface area contributed by atoms with Gasteiger partial charge in [-0.25, -0.2) is 0 Å². The summed E-state index contributed by atoms with van der Waals surface area (Å²) in [5, 5.41) is 12.8. The highest BCUT2D eigenvalue weighted by Gasteiger charge is 2.23. The molecule has 0 saturated carbocycles. The fraction of sp³-hybridized carbons (Fsp3) is 0.562. The lowest BCUT2D eigenvalue weighted by Crippen LogP contribution is -2.30. The van der Waals surface area contributed by atoms with Crippen molar-refractivity contribution in [3.8, 4) is 5.75 Å². The Hall–Kier alpha value is -1.55. The molecule has 4 heteroatoms. The van der Waals surface area contributed by atoms with Crippen LogP contribution in [0.15, 0.2) is 18.2 Å². The zero-order chi connectivity index (χ0) is 14.8. The molecule has 4 nitrogen and oxygen atoms in total. The van der Waals surface area contributed by atoms with Gasteiger partial charge in [-0.15, -0.1) is 0 Å². The predicted molar refractivity (Wildman–Crippen MR) is 79.0 cm³/mol.